The predicted molar refractivity (Wildman–Crippen MR) is 124 cm³/mol. The zero-order valence-corrected chi connectivity index (χ0v) is 18.2. The lowest BCUT2D eigenvalue weighted by Gasteiger charge is -2.20. The SMILES string of the molecule is CN=C(NCCNS(=O)(=O)c1cccnc1)NCC(c1ccccc1)c1ccccc1. The van der Waals surface area contributed by atoms with E-state index in [4.69, 9.17) is 0 Å². The fraction of sp³-hybridized carbons (Fsp3) is 0.217. The van der Waals surface area contributed by atoms with E-state index in [2.05, 4.69) is 49.6 Å². The molecule has 0 aliphatic carbocycles. The van der Waals surface area contributed by atoms with Gasteiger partial charge in [-0.1, -0.05) is 60.7 Å². The normalized spacial score (nSPS) is 12.0. The van der Waals surface area contributed by atoms with Gasteiger partial charge in [-0.25, -0.2) is 13.1 Å². The fourth-order valence-electron chi connectivity index (χ4n) is 3.17. The summed E-state index contributed by atoms with van der Waals surface area (Å²) in [6, 6.07) is 23.7. The lowest BCUT2D eigenvalue weighted by Crippen LogP contribution is -2.42. The Balaban J connectivity index is 1.54. The Morgan fingerprint density at radius 3 is 2.10 bits per heavy atom. The summed E-state index contributed by atoms with van der Waals surface area (Å²) in [4.78, 5) is 8.24. The number of guanidine groups is 1. The zero-order valence-electron chi connectivity index (χ0n) is 17.4. The van der Waals surface area contributed by atoms with Crippen LogP contribution >= 0.6 is 0 Å². The second-order valence-electron chi connectivity index (χ2n) is 6.84. The first-order chi connectivity index (χ1) is 15.1. The van der Waals surface area contributed by atoms with Gasteiger partial charge < -0.3 is 10.6 Å². The minimum Gasteiger partial charge on any atom is -0.355 e. The second-order valence-corrected chi connectivity index (χ2v) is 8.61. The van der Waals surface area contributed by atoms with Crippen LogP contribution in [-0.4, -0.2) is 46.0 Å². The third-order valence-electron chi connectivity index (χ3n) is 4.76. The first-order valence-electron chi connectivity index (χ1n) is 10.0. The maximum Gasteiger partial charge on any atom is 0.242 e. The molecule has 3 N–H and O–H groups in total. The van der Waals surface area contributed by atoms with E-state index < -0.39 is 10.0 Å². The van der Waals surface area contributed by atoms with Crippen molar-refractivity contribution in [1.29, 1.82) is 0 Å². The average Bonchev–Trinajstić information content (AvgIpc) is 2.82. The first kappa shape index (κ1) is 22.5. The van der Waals surface area contributed by atoms with Crippen molar-refractivity contribution in [2.24, 2.45) is 4.99 Å². The van der Waals surface area contributed by atoms with Crippen LogP contribution < -0.4 is 15.4 Å². The Labute approximate surface area is 183 Å². The van der Waals surface area contributed by atoms with Crippen LogP contribution in [0.4, 0.5) is 0 Å². The molecule has 0 fully saturated rings. The zero-order chi connectivity index (χ0) is 21.9. The van der Waals surface area contributed by atoms with Crippen molar-refractivity contribution in [3.8, 4) is 0 Å². The molecular formula is C23H27N5O2S. The van der Waals surface area contributed by atoms with Crippen molar-refractivity contribution in [3.63, 3.8) is 0 Å². The minimum atomic E-state index is -3.58. The van der Waals surface area contributed by atoms with Crippen molar-refractivity contribution in [2.75, 3.05) is 26.7 Å². The molecule has 0 saturated heterocycles. The number of nitrogens with one attached hydrogen (secondary N) is 3. The van der Waals surface area contributed by atoms with Crippen LogP contribution in [0.2, 0.25) is 0 Å². The topological polar surface area (TPSA) is 95.5 Å². The summed E-state index contributed by atoms with van der Waals surface area (Å²) >= 11 is 0. The molecule has 0 bridgehead atoms. The summed E-state index contributed by atoms with van der Waals surface area (Å²) in [6.07, 6.45) is 2.86. The lowest BCUT2D eigenvalue weighted by atomic mass is 9.91. The summed E-state index contributed by atoms with van der Waals surface area (Å²) in [6.45, 7) is 1.26. The quantitative estimate of drug-likeness (QED) is 0.271. The fourth-order valence-corrected chi connectivity index (χ4v) is 4.17. The molecule has 3 aromatic rings. The van der Waals surface area contributed by atoms with E-state index in [9.17, 15) is 8.42 Å². The first-order valence-corrected chi connectivity index (χ1v) is 11.5. The Hall–Kier alpha value is -3.23. The third kappa shape index (κ3) is 6.63. The predicted octanol–water partition coefficient (Wildman–Crippen LogP) is 2.36. The van der Waals surface area contributed by atoms with Crippen LogP contribution in [0.1, 0.15) is 17.0 Å². The van der Waals surface area contributed by atoms with Gasteiger partial charge in [0.15, 0.2) is 5.96 Å². The monoisotopic (exact) mass is 437 g/mol. The van der Waals surface area contributed by atoms with Gasteiger partial charge in [0.05, 0.1) is 0 Å². The van der Waals surface area contributed by atoms with Crippen LogP contribution in [0, 0.1) is 0 Å². The molecule has 1 heterocycles. The smallest absolute Gasteiger partial charge is 0.242 e. The van der Waals surface area contributed by atoms with Gasteiger partial charge in [0.25, 0.3) is 0 Å². The molecule has 162 valence electrons. The highest BCUT2D eigenvalue weighted by Crippen LogP contribution is 2.23. The van der Waals surface area contributed by atoms with Gasteiger partial charge in [-0.3, -0.25) is 9.98 Å². The number of sulfonamides is 1. The van der Waals surface area contributed by atoms with E-state index in [1.54, 1.807) is 13.1 Å². The molecule has 0 aliphatic heterocycles. The van der Waals surface area contributed by atoms with Crippen LogP contribution in [-0.2, 0) is 10.0 Å². The Bertz CT molecular complexity index is 1020. The molecule has 0 radical (unpaired) electrons. The number of rotatable bonds is 9. The number of nitrogens with zero attached hydrogens (tertiary/aromatic N) is 2. The highest BCUT2D eigenvalue weighted by molar-refractivity contribution is 7.89. The molecule has 31 heavy (non-hydrogen) atoms. The van der Waals surface area contributed by atoms with Gasteiger partial charge in [-0.15, -0.1) is 0 Å². The Morgan fingerprint density at radius 1 is 0.903 bits per heavy atom. The molecule has 0 aliphatic rings. The van der Waals surface area contributed by atoms with E-state index in [1.165, 1.54) is 29.6 Å². The van der Waals surface area contributed by atoms with Gasteiger partial charge >= 0.3 is 0 Å². The maximum atomic E-state index is 12.3. The van der Waals surface area contributed by atoms with E-state index in [1.807, 2.05) is 36.4 Å². The summed E-state index contributed by atoms with van der Waals surface area (Å²) in [5.74, 6) is 0.766. The third-order valence-corrected chi connectivity index (χ3v) is 6.20. The van der Waals surface area contributed by atoms with E-state index in [-0.39, 0.29) is 17.4 Å². The summed E-state index contributed by atoms with van der Waals surface area (Å²) in [5.41, 5.74) is 2.42. The highest BCUT2D eigenvalue weighted by atomic mass is 32.2. The van der Waals surface area contributed by atoms with Crippen LogP contribution in [0.3, 0.4) is 0 Å². The molecule has 7 nitrogen and oxygen atoms in total. The van der Waals surface area contributed by atoms with Gasteiger partial charge in [0.2, 0.25) is 10.0 Å². The molecule has 0 spiro atoms. The number of aliphatic imine (C=N–C) groups is 1. The molecule has 0 amide bonds. The molecule has 0 unspecified atom stereocenters. The van der Waals surface area contributed by atoms with Crippen molar-refractivity contribution in [3.05, 3.63) is 96.3 Å². The number of aromatic nitrogens is 1. The number of hydrogen-bond donors (Lipinski definition) is 3. The Kier molecular flexibility index (Phi) is 8.14. The number of pyridine rings is 1. The van der Waals surface area contributed by atoms with Crippen LogP contribution in [0.5, 0.6) is 0 Å². The van der Waals surface area contributed by atoms with Crippen LogP contribution in [0.15, 0.2) is 95.1 Å². The van der Waals surface area contributed by atoms with Gasteiger partial charge in [0, 0.05) is 45.0 Å². The molecule has 0 atom stereocenters. The van der Waals surface area contributed by atoms with E-state index in [0.717, 1.165) is 0 Å². The summed E-state index contributed by atoms with van der Waals surface area (Å²) in [7, 11) is -1.89. The summed E-state index contributed by atoms with van der Waals surface area (Å²) in [5, 5.41) is 6.50. The molecule has 3 rings (SSSR count). The van der Waals surface area contributed by atoms with E-state index >= 15 is 0 Å². The van der Waals surface area contributed by atoms with E-state index in [0.29, 0.717) is 19.0 Å². The molecule has 0 saturated carbocycles. The molecule has 8 heteroatoms. The second kappa shape index (κ2) is 11.2. The van der Waals surface area contributed by atoms with Gasteiger partial charge in [-0.2, -0.15) is 0 Å². The molecular weight excluding hydrogens is 410 g/mol. The van der Waals surface area contributed by atoms with Gasteiger partial charge in [0.1, 0.15) is 4.90 Å². The highest BCUT2D eigenvalue weighted by Gasteiger charge is 2.15. The molecule has 2 aromatic carbocycles. The average molecular weight is 438 g/mol. The molecule has 1 aromatic heterocycles. The Morgan fingerprint density at radius 2 is 1.55 bits per heavy atom. The van der Waals surface area contributed by atoms with Gasteiger partial charge in [-0.05, 0) is 23.3 Å². The van der Waals surface area contributed by atoms with Crippen molar-refractivity contribution in [2.45, 2.75) is 10.8 Å². The summed E-state index contributed by atoms with van der Waals surface area (Å²) < 4.78 is 27.1. The maximum absolute atomic E-state index is 12.3. The number of hydrogen-bond acceptors (Lipinski definition) is 4. The van der Waals surface area contributed by atoms with Crippen LogP contribution in [0.25, 0.3) is 0 Å². The van der Waals surface area contributed by atoms with Crippen molar-refractivity contribution >= 4 is 16.0 Å². The largest absolute Gasteiger partial charge is 0.355 e. The standard InChI is InChI=1S/C23H27N5O2S/c1-24-23(26-15-16-28-31(29,30)21-13-8-14-25-17-21)27-18-22(19-9-4-2-5-10-19)20-11-6-3-7-12-20/h2-14,17,22,28H,15-16,18H2,1H3,(H2,24,26,27). The van der Waals surface area contributed by atoms with Crippen molar-refractivity contribution in [1.82, 2.24) is 20.3 Å². The number of benzene rings is 2. The lowest BCUT2D eigenvalue weighted by molar-refractivity contribution is 0.580. The minimum absolute atomic E-state index is 0.145. The van der Waals surface area contributed by atoms with Crippen molar-refractivity contribution < 1.29 is 8.42 Å².